The van der Waals surface area contributed by atoms with Gasteiger partial charge in [0.05, 0.1) is 10.6 Å². The zero-order valence-electron chi connectivity index (χ0n) is 13.1. The van der Waals surface area contributed by atoms with Gasteiger partial charge in [0, 0.05) is 9.86 Å². The first-order valence-corrected chi connectivity index (χ1v) is 10.0. The number of hydrogen-bond donors (Lipinski definition) is 1. The Labute approximate surface area is 154 Å². The average molecular weight is 412 g/mol. The maximum atomic E-state index is 12.9. The highest BCUT2D eigenvalue weighted by Crippen LogP contribution is 2.31. The van der Waals surface area contributed by atoms with Crippen molar-refractivity contribution in [3.63, 3.8) is 0 Å². The van der Waals surface area contributed by atoms with Crippen LogP contribution in [-0.4, -0.2) is 8.42 Å². The van der Waals surface area contributed by atoms with Crippen LogP contribution in [0.2, 0.25) is 0 Å². The number of fused-ring (bicyclic) bond motifs is 2. The predicted octanol–water partition coefficient (Wildman–Crippen LogP) is 5.56. The van der Waals surface area contributed by atoms with Crippen LogP contribution in [0.5, 0.6) is 0 Å². The molecule has 0 amide bonds. The minimum atomic E-state index is -3.67. The minimum Gasteiger partial charge on any atom is -0.279 e. The van der Waals surface area contributed by atoms with E-state index in [1.54, 1.807) is 18.2 Å². The Kier molecular flexibility index (Phi) is 3.98. The van der Waals surface area contributed by atoms with Gasteiger partial charge in [-0.2, -0.15) is 0 Å². The highest BCUT2D eigenvalue weighted by Gasteiger charge is 2.16. The number of sulfonamides is 1. The molecule has 0 aliphatic rings. The van der Waals surface area contributed by atoms with Crippen LogP contribution in [0, 0.1) is 0 Å². The first kappa shape index (κ1) is 16.1. The molecule has 4 aromatic carbocycles. The number of nitrogens with one attached hydrogen (secondary N) is 1. The molecule has 0 saturated carbocycles. The quantitative estimate of drug-likeness (QED) is 0.479. The zero-order valence-corrected chi connectivity index (χ0v) is 15.5. The largest absolute Gasteiger partial charge is 0.279 e. The van der Waals surface area contributed by atoms with E-state index in [1.165, 1.54) is 0 Å². The van der Waals surface area contributed by atoms with Crippen molar-refractivity contribution in [1.82, 2.24) is 0 Å². The second-order valence-corrected chi connectivity index (χ2v) is 8.29. The molecule has 4 rings (SSSR count). The Morgan fingerprint density at radius 2 is 1.40 bits per heavy atom. The van der Waals surface area contributed by atoms with Crippen LogP contribution in [0.1, 0.15) is 0 Å². The van der Waals surface area contributed by atoms with E-state index in [1.807, 2.05) is 60.7 Å². The maximum Gasteiger partial charge on any atom is 0.261 e. The van der Waals surface area contributed by atoms with Crippen LogP contribution in [0.4, 0.5) is 5.69 Å². The average Bonchev–Trinajstić information content (AvgIpc) is 2.64. The molecule has 0 radical (unpaired) electrons. The van der Waals surface area contributed by atoms with Gasteiger partial charge >= 0.3 is 0 Å². The molecule has 0 saturated heterocycles. The molecule has 4 aromatic rings. The summed E-state index contributed by atoms with van der Waals surface area (Å²) in [6, 6.07) is 24.1. The molecular weight excluding hydrogens is 398 g/mol. The fourth-order valence-electron chi connectivity index (χ4n) is 2.89. The van der Waals surface area contributed by atoms with Gasteiger partial charge in [0.1, 0.15) is 0 Å². The monoisotopic (exact) mass is 411 g/mol. The molecule has 0 aromatic heterocycles. The smallest absolute Gasteiger partial charge is 0.261 e. The van der Waals surface area contributed by atoms with Crippen LogP contribution in [0.15, 0.2) is 88.2 Å². The van der Waals surface area contributed by atoms with Crippen LogP contribution in [0.3, 0.4) is 0 Å². The number of benzene rings is 4. The van der Waals surface area contributed by atoms with Gasteiger partial charge in [-0.15, -0.1) is 0 Å². The predicted molar refractivity (Wildman–Crippen MR) is 106 cm³/mol. The second kappa shape index (κ2) is 6.17. The zero-order chi connectivity index (χ0) is 17.4. The van der Waals surface area contributed by atoms with Gasteiger partial charge in [0.2, 0.25) is 0 Å². The van der Waals surface area contributed by atoms with E-state index < -0.39 is 10.0 Å². The highest BCUT2D eigenvalue weighted by molar-refractivity contribution is 9.10. The normalized spacial score (nSPS) is 11.7. The fourth-order valence-corrected chi connectivity index (χ4v) is 4.48. The summed E-state index contributed by atoms with van der Waals surface area (Å²) >= 11 is 3.51. The van der Waals surface area contributed by atoms with Crippen molar-refractivity contribution in [1.29, 1.82) is 0 Å². The first-order valence-electron chi connectivity index (χ1n) is 7.73. The summed E-state index contributed by atoms with van der Waals surface area (Å²) in [5, 5.41) is 3.71. The molecule has 0 fully saturated rings. The number of hydrogen-bond acceptors (Lipinski definition) is 2. The van der Waals surface area contributed by atoms with Crippen LogP contribution >= 0.6 is 15.9 Å². The molecular formula is C20H14BrNO2S. The van der Waals surface area contributed by atoms with E-state index in [9.17, 15) is 8.42 Å². The summed E-state index contributed by atoms with van der Waals surface area (Å²) in [6.07, 6.45) is 0. The lowest BCUT2D eigenvalue weighted by Gasteiger charge is -2.12. The van der Waals surface area contributed by atoms with E-state index >= 15 is 0 Å². The third-order valence-corrected chi connectivity index (χ3v) is 6.20. The standard InChI is InChI=1S/C20H14BrNO2S/c21-19-11-12-20(18-8-4-3-7-17(18)19)22-25(23,24)16-10-9-14-5-1-2-6-15(14)13-16/h1-13,22H. The van der Waals surface area contributed by atoms with Gasteiger partial charge < -0.3 is 0 Å². The van der Waals surface area contributed by atoms with Crippen molar-refractivity contribution in [2.24, 2.45) is 0 Å². The molecule has 25 heavy (non-hydrogen) atoms. The van der Waals surface area contributed by atoms with E-state index in [0.717, 1.165) is 26.0 Å². The Balaban J connectivity index is 1.80. The van der Waals surface area contributed by atoms with E-state index in [-0.39, 0.29) is 4.90 Å². The molecule has 0 aliphatic carbocycles. The first-order chi connectivity index (χ1) is 12.0. The van der Waals surface area contributed by atoms with Crippen LogP contribution in [0.25, 0.3) is 21.5 Å². The minimum absolute atomic E-state index is 0.248. The molecule has 0 bridgehead atoms. The summed E-state index contributed by atoms with van der Waals surface area (Å²) < 4.78 is 29.4. The van der Waals surface area contributed by atoms with Gasteiger partial charge in [-0.25, -0.2) is 8.42 Å². The topological polar surface area (TPSA) is 46.2 Å². The van der Waals surface area contributed by atoms with Gasteiger partial charge in [0.25, 0.3) is 10.0 Å². The Hall–Kier alpha value is -2.37. The van der Waals surface area contributed by atoms with E-state index in [4.69, 9.17) is 0 Å². The Bertz CT molecular complexity index is 1200. The summed E-state index contributed by atoms with van der Waals surface area (Å²) in [5.74, 6) is 0. The van der Waals surface area contributed by atoms with Gasteiger partial charge in [-0.05, 0) is 40.4 Å². The van der Waals surface area contributed by atoms with Crippen molar-refractivity contribution in [3.05, 3.63) is 83.3 Å². The van der Waals surface area contributed by atoms with Gasteiger partial charge in [0.15, 0.2) is 0 Å². The fraction of sp³-hybridized carbons (Fsp3) is 0. The molecule has 0 spiro atoms. The van der Waals surface area contributed by atoms with Crippen molar-refractivity contribution >= 4 is 53.2 Å². The maximum absolute atomic E-state index is 12.9. The van der Waals surface area contributed by atoms with Crippen molar-refractivity contribution < 1.29 is 8.42 Å². The van der Waals surface area contributed by atoms with Crippen molar-refractivity contribution in [3.8, 4) is 0 Å². The third-order valence-electron chi connectivity index (χ3n) is 4.15. The summed E-state index contributed by atoms with van der Waals surface area (Å²) in [5.41, 5.74) is 0.562. The SMILES string of the molecule is O=S(=O)(Nc1ccc(Br)c2ccccc12)c1ccc2ccccc2c1. The lowest BCUT2D eigenvalue weighted by Crippen LogP contribution is -2.13. The molecule has 0 atom stereocenters. The summed E-state index contributed by atoms with van der Waals surface area (Å²) in [4.78, 5) is 0.248. The van der Waals surface area contributed by atoms with Crippen LogP contribution < -0.4 is 4.72 Å². The third kappa shape index (κ3) is 3.01. The number of anilines is 1. The van der Waals surface area contributed by atoms with Gasteiger partial charge in [-0.3, -0.25) is 4.72 Å². The Morgan fingerprint density at radius 3 is 2.20 bits per heavy atom. The lowest BCUT2D eigenvalue weighted by molar-refractivity contribution is 0.601. The number of halogens is 1. The van der Waals surface area contributed by atoms with Crippen molar-refractivity contribution in [2.45, 2.75) is 4.90 Å². The highest BCUT2D eigenvalue weighted by atomic mass is 79.9. The molecule has 0 aliphatic heterocycles. The summed E-state index contributed by atoms with van der Waals surface area (Å²) in [6.45, 7) is 0. The molecule has 0 unspecified atom stereocenters. The van der Waals surface area contributed by atoms with E-state index in [2.05, 4.69) is 20.7 Å². The van der Waals surface area contributed by atoms with Crippen LogP contribution in [-0.2, 0) is 10.0 Å². The Morgan fingerprint density at radius 1 is 0.720 bits per heavy atom. The van der Waals surface area contributed by atoms with E-state index in [0.29, 0.717) is 5.69 Å². The molecule has 124 valence electrons. The number of rotatable bonds is 3. The molecule has 0 heterocycles. The molecule has 5 heteroatoms. The van der Waals surface area contributed by atoms with Gasteiger partial charge in [-0.1, -0.05) is 70.5 Å². The lowest BCUT2D eigenvalue weighted by atomic mass is 10.1. The summed E-state index contributed by atoms with van der Waals surface area (Å²) in [7, 11) is -3.67. The molecule has 1 N–H and O–H groups in total. The molecule has 3 nitrogen and oxygen atoms in total. The van der Waals surface area contributed by atoms with Crippen molar-refractivity contribution in [2.75, 3.05) is 4.72 Å². The second-order valence-electron chi connectivity index (χ2n) is 5.75.